The van der Waals surface area contributed by atoms with Gasteiger partial charge in [0.05, 0.1) is 18.1 Å². The molecule has 2 aromatic carbocycles. The third-order valence-electron chi connectivity index (χ3n) is 5.09. The second kappa shape index (κ2) is 8.42. The van der Waals surface area contributed by atoms with E-state index in [1.165, 1.54) is 4.31 Å². The number of rotatable bonds is 7. The summed E-state index contributed by atoms with van der Waals surface area (Å²) in [5, 5.41) is 0. The predicted octanol–water partition coefficient (Wildman–Crippen LogP) is 3.68. The zero-order valence-corrected chi connectivity index (χ0v) is 17.0. The van der Waals surface area contributed by atoms with Crippen molar-refractivity contribution in [1.29, 1.82) is 0 Å². The summed E-state index contributed by atoms with van der Waals surface area (Å²) in [7, 11) is -2.05. The van der Waals surface area contributed by atoms with Crippen LogP contribution in [0.1, 0.15) is 29.5 Å². The van der Waals surface area contributed by atoms with Gasteiger partial charge in [-0.05, 0) is 56.0 Å². The van der Waals surface area contributed by atoms with Crippen LogP contribution in [-0.4, -0.2) is 39.1 Å². The molecule has 0 unspecified atom stereocenters. The van der Waals surface area contributed by atoms with Crippen molar-refractivity contribution in [1.82, 2.24) is 4.31 Å². The van der Waals surface area contributed by atoms with E-state index in [2.05, 4.69) is 0 Å². The summed E-state index contributed by atoms with van der Waals surface area (Å²) in [5.74, 6) is 0.685. The van der Waals surface area contributed by atoms with Crippen LogP contribution in [0.2, 0.25) is 0 Å². The zero-order valence-electron chi connectivity index (χ0n) is 16.1. The first-order chi connectivity index (χ1) is 12.9. The van der Waals surface area contributed by atoms with Crippen LogP contribution in [-0.2, 0) is 21.3 Å². The molecule has 1 aliphatic rings. The van der Waals surface area contributed by atoms with Gasteiger partial charge in [0.2, 0.25) is 10.0 Å². The van der Waals surface area contributed by atoms with Gasteiger partial charge in [-0.2, -0.15) is 4.31 Å². The van der Waals surface area contributed by atoms with E-state index in [-0.39, 0.29) is 12.6 Å². The standard InChI is InChI=1S/C21H27NO4S/c1-16-10-11-20(13-17(16)2)27(23,24)22(15-19-8-6-12-26-19)14-18-7-4-5-9-21(18)25-3/h4-5,7,9-11,13,19H,6,8,12,14-15H2,1-3H3/t19-/m1/s1. The molecule has 3 rings (SSSR count). The molecule has 0 saturated carbocycles. The fourth-order valence-corrected chi connectivity index (χ4v) is 4.85. The van der Waals surface area contributed by atoms with Crippen molar-refractivity contribution in [2.24, 2.45) is 0 Å². The summed E-state index contributed by atoms with van der Waals surface area (Å²) in [6, 6.07) is 12.8. The summed E-state index contributed by atoms with van der Waals surface area (Å²) in [4.78, 5) is 0.318. The maximum atomic E-state index is 13.4. The number of nitrogens with zero attached hydrogens (tertiary/aromatic N) is 1. The number of benzene rings is 2. The quantitative estimate of drug-likeness (QED) is 0.725. The average molecular weight is 390 g/mol. The Morgan fingerprint density at radius 1 is 1.15 bits per heavy atom. The van der Waals surface area contributed by atoms with Crippen LogP contribution in [0.25, 0.3) is 0 Å². The van der Waals surface area contributed by atoms with Crippen molar-refractivity contribution < 1.29 is 17.9 Å². The van der Waals surface area contributed by atoms with Crippen molar-refractivity contribution >= 4 is 10.0 Å². The maximum absolute atomic E-state index is 13.4. The highest BCUT2D eigenvalue weighted by Crippen LogP contribution is 2.26. The van der Waals surface area contributed by atoms with Crippen LogP contribution in [0.4, 0.5) is 0 Å². The van der Waals surface area contributed by atoms with Gasteiger partial charge in [-0.15, -0.1) is 0 Å². The highest BCUT2D eigenvalue weighted by molar-refractivity contribution is 7.89. The van der Waals surface area contributed by atoms with E-state index >= 15 is 0 Å². The van der Waals surface area contributed by atoms with Crippen molar-refractivity contribution in [2.45, 2.75) is 44.2 Å². The highest BCUT2D eigenvalue weighted by Gasteiger charge is 2.30. The topological polar surface area (TPSA) is 55.8 Å². The third-order valence-corrected chi connectivity index (χ3v) is 6.89. The Bertz CT molecular complexity index is 889. The molecular weight excluding hydrogens is 362 g/mol. The normalized spacial score (nSPS) is 17.4. The molecule has 0 radical (unpaired) electrons. The molecule has 1 fully saturated rings. The molecule has 1 saturated heterocycles. The first kappa shape index (κ1) is 19.9. The van der Waals surface area contributed by atoms with Gasteiger partial charge < -0.3 is 9.47 Å². The van der Waals surface area contributed by atoms with E-state index in [1.54, 1.807) is 19.2 Å². The van der Waals surface area contributed by atoms with Crippen molar-refractivity contribution in [2.75, 3.05) is 20.3 Å². The monoisotopic (exact) mass is 389 g/mol. The zero-order chi connectivity index (χ0) is 19.4. The minimum Gasteiger partial charge on any atom is -0.496 e. The summed E-state index contributed by atoms with van der Waals surface area (Å²) >= 11 is 0. The average Bonchev–Trinajstić information content (AvgIpc) is 3.17. The van der Waals surface area contributed by atoms with E-state index in [0.29, 0.717) is 23.8 Å². The van der Waals surface area contributed by atoms with Gasteiger partial charge in [0.25, 0.3) is 0 Å². The number of methoxy groups -OCH3 is 1. The minimum absolute atomic E-state index is 0.0685. The number of para-hydroxylation sites is 1. The van der Waals surface area contributed by atoms with Crippen molar-refractivity contribution in [3.05, 3.63) is 59.2 Å². The van der Waals surface area contributed by atoms with Gasteiger partial charge in [-0.1, -0.05) is 24.3 Å². The highest BCUT2D eigenvalue weighted by atomic mass is 32.2. The van der Waals surface area contributed by atoms with Gasteiger partial charge in [0.15, 0.2) is 0 Å². The largest absolute Gasteiger partial charge is 0.496 e. The number of ether oxygens (including phenoxy) is 2. The lowest BCUT2D eigenvalue weighted by molar-refractivity contribution is 0.0924. The predicted molar refractivity (Wildman–Crippen MR) is 105 cm³/mol. The molecule has 146 valence electrons. The Morgan fingerprint density at radius 3 is 2.59 bits per heavy atom. The Labute approximate surface area is 162 Å². The second-order valence-electron chi connectivity index (χ2n) is 6.99. The second-order valence-corrected chi connectivity index (χ2v) is 8.93. The van der Waals surface area contributed by atoms with Crippen LogP contribution in [0, 0.1) is 13.8 Å². The van der Waals surface area contributed by atoms with Gasteiger partial charge in [-0.25, -0.2) is 8.42 Å². The molecule has 0 N–H and O–H groups in total. The van der Waals surface area contributed by atoms with Gasteiger partial charge in [0, 0.05) is 25.3 Å². The summed E-state index contributed by atoms with van der Waals surface area (Å²) in [6.07, 6.45) is 1.78. The van der Waals surface area contributed by atoms with Gasteiger partial charge in [-0.3, -0.25) is 0 Å². The lowest BCUT2D eigenvalue weighted by Crippen LogP contribution is -2.37. The Kier molecular flexibility index (Phi) is 6.19. The van der Waals surface area contributed by atoms with Crippen molar-refractivity contribution in [3.8, 4) is 5.75 Å². The fourth-order valence-electron chi connectivity index (χ4n) is 3.31. The van der Waals surface area contributed by atoms with E-state index in [9.17, 15) is 8.42 Å². The molecule has 2 aromatic rings. The SMILES string of the molecule is COc1ccccc1CN(C[C@H]1CCCO1)S(=O)(=O)c1ccc(C)c(C)c1. The fraction of sp³-hybridized carbons (Fsp3) is 0.429. The first-order valence-corrected chi connectivity index (χ1v) is 10.7. The van der Waals surface area contributed by atoms with Crippen LogP contribution in [0.5, 0.6) is 5.75 Å². The third kappa shape index (κ3) is 4.51. The maximum Gasteiger partial charge on any atom is 0.243 e. The molecule has 0 spiro atoms. The molecule has 0 amide bonds. The molecule has 6 heteroatoms. The van der Waals surface area contributed by atoms with Crippen LogP contribution >= 0.6 is 0 Å². The Hall–Kier alpha value is -1.89. The molecule has 0 aliphatic carbocycles. The Balaban J connectivity index is 1.96. The molecule has 27 heavy (non-hydrogen) atoms. The number of aryl methyl sites for hydroxylation is 2. The van der Waals surface area contributed by atoms with Crippen molar-refractivity contribution in [3.63, 3.8) is 0 Å². The lowest BCUT2D eigenvalue weighted by Gasteiger charge is -2.26. The molecule has 1 aliphatic heterocycles. The van der Waals surface area contributed by atoms with E-state index < -0.39 is 10.0 Å². The van der Waals surface area contributed by atoms with E-state index in [4.69, 9.17) is 9.47 Å². The molecular formula is C21H27NO4S. The number of sulfonamides is 1. The molecule has 0 bridgehead atoms. The van der Waals surface area contributed by atoms with Crippen LogP contribution in [0.3, 0.4) is 0 Å². The van der Waals surface area contributed by atoms with E-state index in [1.807, 2.05) is 44.2 Å². The molecule has 1 heterocycles. The van der Waals surface area contributed by atoms with Gasteiger partial charge >= 0.3 is 0 Å². The van der Waals surface area contributed by atoms with Crippen LogP contribution < -0.4 is 4.74 Å². The molecule has 5 nitrogen and oxygen atoms in total. The van der Waals surface area contributed by atoms with Crippen LogP contribution in [0.15, 0.2) is 47.4 Å². The molecule has 0 aromatic heterocycles. The summed E-state index contributed by atoms with van der Waals surface area (Å²) < 4.78 is 39.5. The Morgan fingerprint density at radius 2 is 1.93 bits per heavy atom. The van der Waals surface area contributed by atoms with Gasteiger partial charge in [0.1, 0.15) is 5.75 Å². The van der Waals surface area contributed by atoms with E-state index in [0.717, 1.165) is 29.5 Å². The first-order valence-electron chi connectivity index (χ1n) is 9.22. The lowest BCUT2D eigenvalue weighted by atomic mass is 10.1. The number of hydrogen-bond acceptors (Lipinski definition) is 4. The molecule has 1 atom stereocenters. The number of hydrogen-bond donors (Lipinski definition) is 0. The summed E-state index contributed by atoms with van der Waals surface area (Å²) in [5.41, 5.74) is 2.88. The minimum atomic E-state index is -3.65. The smallest absolute Gasteiger partial charge is 0.243 e. The summed E-state index contributed by atoms with van der Waals surface area (Å²) in [6.45, 7) is 5.19.